The van der Waals surface area contributed by atoms with Gasteiger partial charge in [0, 0.05) is 42.9 Å². The number of aliphatic hydroxyl groups is 1. The number of aliphatic hydroxyl groups excluding tert-OH is 1. The molecule has 0 amide bonds. The molecule has 2 aromatic rings. The largest absolute Gasteiger partial charge is 0.390 e. The molecule has 1 aromatic heterocycles. The third-order valence-corrected chi connectivity index (χ3v) is 4.10. The number of ether oxygens (including phenoxy) is 1. The zero-order valence-electron chi connectivity index (χ0n) is 13.6. The van der Waals surface area contributed by atoms with Gasteiger partial charge in [0.25, 0.3) is 0 Å². The zero-order chi connectivity index (χ0) is 17.1. The van der Waals surface area contributed by atoms with E-state index in [2.05, 4.69) is 15.2 Å². The lowest BCUT2D eigenvalue weighted by atomic mass is 10.1. The minimum absolute atomic E-state index is 0.000157. The Morgan fingerprint density at radius 3 is 2.83 bits per heavy atom. The van der Waals surface area contributed by atoms with Crippen LogP contribution in [0.1, 0.15) is 5.69 Å². The fourth-order valence-electron chi connectivity index (χ4n) is 2.88. The van der Waals surface area contributed by atoms with Crippen molar-refractivity contribution in [2.75, 3.05) is 44.7 Å². The molecule has 2 heterocycles. The molecule has 1 unspecified atom stereocenters. The molecule has 3 rings (SSSR count). The van der Waals surface area contributed by atoms with Crippen LogP contribution in [-0.2, 0) is 4.74 Å². The van der Waals surface area contributed by atoms with Crippen LogP contribution in [0.4, 0.5) is 14.5 Å². The fraction of sp³-hybridized carbons (Fsp3) is 0.471. The highest BCUT2D eigenvalue weighted by molar-refractivity contribution is 5.91. The molecular weight excluding hydrogens is 316 g/mol. The van der Waals surface area contributed by atoms with Crippen molar-refractivity contribution in [3.05, 3.63) is 35.5 Å². The number of hydrogen-bond acceptors (Lipinski definition) is 5. The van der Waals surface area contributed by atoms with Gasteiger partial charge in [0.15, 0.2) is 11.6 Å². The number of anilines is 1. The van der Waals surface area contributed by atoms with Crippen molar-refractivity contribution in [1.82, 2.24) is 9.88 Å². The highest BCUT2D eigenvalue weighted by atomic mass is 19.2. The lowest BCUT2D eigenvalue weighted by molar-refractivity contribution is 0.0171. The molecule has 130 valence electrons. The first-order valence-corrected chi connectivity index (χ1v) is 8.02. The van der Waals surface area contributed by atoms with E-state index in [9.17, 15) is 13.9 Å². The van der Waals surface area contributed by atoms with Gasteiger partial charge < -0.3 is 15.2 Å². The minimum Gasteiger partial charge on any atom is -0.390 e. The van der Waals surface area contributed by atoms with E-state index >= 15 is 0 Å². The van der Waals surface area contributed by atoms with Gasteiger partial charge in [-0.05, 0) is 25.1 Å². The quantitative estimate of drug-likeness (QED) is 0.873. The van der Waals surface area contributed by atoms with Gasteiger partial charge in [0.05, 0.1) is 19.3 Å². The topological polar surface area (TPSA) is 57.6 Å². The van der Waals surface area contributed by atoms with Gasteiger partial charge >= 0.3 is 0 Å². The van der Waals surface area contributed by atoms with E-state index < -0.39 is 17.7 Å². The maximum absolute atomic E-state index is 13.9. The molecule has 0 saturated carbocycles. The van der Waals surface area contributed by atoms with E-state index in [1.165, 1.54) is 6.07 Å². The molecule has 0 aliphatic carbocycles. The third kappa shape index (κ3) is 3.80. The monoisotopic (exact) mass is 337 g/mol. The van der Waals surface area contributed by atoms with Gasteiger partial charge in [-0.15, -0.1) is 0 Å². The lowest BCUT2D eigenvalue weighted by Gasteiger charge is -2.28. The van der Waals surface area contributed by atoms with Gasteiger partial charge in [0.1, 0.15) is 5.52 Å². The Bertz CT molecular complexity index is 721. The summed E-state index contributed by atoms with van der Waals surface area (Å²) in [4.78, 5) is 6.22. The molecule has 5 nitrogen and oxygen atoms in total. The van der Waals surface area contributed by atoms with Crippen LogP contribution in [0.2, 0.25) is 0 Å². The zero-order valence-corrected chi connectivity index (χ0v) is 13.6. The van der Waals surface area contributed by atoms with Crippen molar-refractivity contribution in [2.24, 2.45) is 0 Å². The Hall–Kier alpha value is -1.83. The average Bonchev–Trinajstić information content (AvgIpc) is 2.57. The van der Waals surface area contributed by atoms with Crippen LogP contribution >= 0.6 is 0 Å². The van der Waals surface area contributed by atoms with E-state index in [0.29, 0.717) is 43.1 Å². The number of halogens is 2. The number of pyridine rings is 1. The van der Waals surface area contributed by atoms with Gasteiger partial charge in [-0.1, -0.05) is 0 Å². The summed E-state index contributed by atoms with van der Waals surface area (Å²) in [6, 6.07) is 4.35. The van der Waals surface area contributed by atoms with E-state index in [1.807, 2.05) is 0 Å². The first-order valence-electron chi connectivity index (χ1n) is 8.02. The molecule has 7 heteroatoms. The van der Waals surface area contributed by atoms with Crippen molar-refractivity contribution < 1.29 is 18.6 Å². The van der Waals surface area contributed by atoms with Crippen molar-refractivity contribution in [1.29, 1.82) is 0 Å². The Morgan fingerprint density at radius 1 is 1.33 bits per heavy atom. The number of aromatic nitrogens is 1. The Morgan fingerprint density at radius 2 is 2.08 bits per heavy atom. The number of fused-ring (bicyclic) bond motifs is 1. The molecule has 1 atom stereocenters. The second-order valence-electron chi connectivity index (χ2n) is 6.02. The highest BCUT2D eigenvalue weighted by Crippen LogP contribution is 2.26. The fourth-order valence-corrected chi connectivity index (χ4v) is 2.88. The first kappa shape index (κ1) is 17.0. The summed E-state index contributed by atoms with van der Waals surface area (Å²) < 4.78 is 32.6. The molecule has 1 aromatic carbocycles. The van der Waals surface area contributed by atoms with E-state index in [1.54, 1.807) is 13.0 Å². The number of aryl methyl sites for hydroxylation is 1. The summed E-state index contributed by atoms with van der Waals surface area (Å²) in [6.07, 6.45) is -0.572. The van der Waals surface area contributed by atoms with E-state index in [-0.39, 0.29) is 5.52 Å². The van der Waals surface area contributed by atoms with Crippen LogP contribution in [0.15, 0.2) is 18.2 Å². The molecule has 2 N–H and O–H groups in total. The van der Waals surface area contributed by atoms with Crippen LogP contribution < -0.4 is 5.32 Å². The summed E-state index contributed by atoms with van der Waals surface area (Å²) in [5.74, 6) is -1.87. The number of rotatable bonds is 5. The molecule has 24 heavy (non-hydrogen) atoms. The molecule has 1 aliphatic rings. The summed E-state index contributed by atoms with van der Waals surface area (Å²) in [7, 11) is 0. The predicted molar refractivity (Wildman–Crippen MR) is 88.2 cm³/mol. The number of nitrogens with one attached hydrogen (secondary N) is 1. The summed E-state index contributed by atoms with van der Waals surface area (Å²) in [5.41, 5.74) is 1.22. The Labute approximate surface area is 139 Å². The number of nitrogens with zero attached hydrogens (tertiary/aromatic N) is 2. The maximum Gasteiger partial charge on any atom is 0.185 e. The number of β-amino-alcohol motifs (C(OH)–C–C–N with tert-alkyl or cyclic N) is 1. The van der Waals surface area contributed by atoms with Gasteiger partial charge in [-0.25, -0.2) is 13.8 Å². The van der Waals surface area contributed by atoms with Gasteiger partial charge in [-0.3, -0.25) is 4.90 Å². The normalized spacial score (nSPS) is 17.2. The van der Waals surface area contributed by atoms with Crippen LogP contribution in [0, 0.1) is 18.6 Å². The van der Waals surface area contributed by atoms with Gasteiger partial charge in [-0.2, -0.15) is 0 Å². The number of benzene rings is 1. The SMILES string of the molecule is Cc1cc(NCC(O)CN2CCOCC2)c2ccc(F)c(F)c2n1. The van der Waals surface area contributed by atoms with Crippen LogP contribution in [0.3, 0.4) is 0 Å². The minimum atomic E-state index is -0.951. The number of hydrogen-bond donors (Lipinski definition) is 2. The Balaban J connectivity index is 1.71. The number of morpholine rings is 1. The third-order valence-electron chi connectivity index (χ3n) is 4.10. The van der Waals surface area contributed by atoms with E-state index in [0.717, 1.165) is 19.2 Å². The second kappa shape index (κ2) is 7.38. The predicted octanol–water partition coefficient (Wildman–Crippen LogP) is 1.93. The lowest BCUT2D eigenvalue weighted by Crippen LogP contribution is -2.42. The second-order valence-corrected chi connectivity index (χ2v) is 6.02. The van der Waals surface area contributed by atoms with Crippen molar-refractivity contribution in [2.45, 2.75) is 13.0 Å². The van der Waals surface area contributed by atoms with Gasteiger partial charge in [0.2, 0.25) is 0 Å². The van der Waals surface area contributed by atoms with Crippen LogP contribution in [0.5, 0.6) is 0 Å². The summed E-state index contributed by atoms with van der Waals surface area (Å²) in [5, 5.41) is 13.8. The standard InChI is InChI=1S/C17H21F2N3O2/c1-11-8-15(13-2-3-14(18)16(19)17(13)21-11)20-9-12(23)10-22-4-6-24-7-5-22/h2-3,8,12,23H,4-7,9-10H2,1H3,(H,20,21). The first-order chi connectivity index (χ1) is 11.5. The van der Waals surface area contributed by atoms with Crippen molar-refractivity contribution in [3.8, 4) is 0 Å². The maximum atomic E-state index is 13.9. The molecule has 0 bridgehead atoms. The molecule has 0 spiro atoms. The summed E-state index contributed by atoms with van der Waals surface area (Å²) in [6.45, 7) is 5.55. The molecule has 1 saturated heterocycles. The average molecular weight is 337 g/mol. The van der Waals surface area contributed by atoms with E-state index in [4.69, 9.17) is 4.74 Å². The molecular formula is C17H21F2N3O2. The molecule has 1 aliphatic heterocycles. The van der Waals surface area contributed by atoms with Crippen molar-refractivity contribution >= 4 is 16.6 Å². The Kier molecular flexibility index (Phi) is 5.23. The van der Waals surface area contributed by atoms with Crippen LogP contribution in [0.25, 0.3) is 10.9 Å². The summed E-state index contributed by atoms with van der Waals surface area (Å²) >= 11 is 0. The molecule has 0 radical (unpaired) electrons. The smallest absolute Gasteiger partial charge is 0.185 e. The molecule has 1 fully saturated rings. The highest BCUT2D eigenvalue weighted by Gasteiger charge is 2.16. The van der Waals surface area contributed by atoms with Crippen LogP contribution in [-0.4, -0.2) is 60.5 Å². The van der Waals surface area contributed by atoms with Crippen molar-refractivity contribution in [3.63, 3.8) is 0 Å².